The molecule has 0 spiro atoms. The Morgan fingerprint density at radius 3 is 2.42 bits per heavy atom. The van der Waals surface area contributed by atoms with Crippen LogP contribution in [0.1, 0.15) is 55.0 Å². The Hall–Kier alpha value is -1.41. The van der Waals surface area contributed by atoms with Gasteiger partial charge in [-0.2, -0.15) is 0 Å². The van der Waals surface area contributed by atoms with E-state index in [2.05, 4.69) is 30.1 Å². The van der Waals surface area contributed by atoms with E-state index < -0.39 is 5.60 Å². The predicted molar refractivity (Wildman–Crippen MR) is 78.4 cm³/mol. The lowest BCUT2D eigenvalue weighted by Gasteiger charge is -2.21. The molecule has 1 N–H and O–H groups in total. The summed E-state index contributed by atoms with van der Waals surface area (Å²) in [6.07, 6.45) is 2.55. The van der Waals surface area contributed by atoms with Gasteiger partial charge in [0.1, 0.15) is 0 Å². The van der Waals surface area contributed by atoms with E-state index in [4.69, 9.17) is 0 Å². The number of benzene rings is 1. The van der Waals surface area contributed by atoms with Crippen molar-refractivity contribution in [3.05, 3.63) is 40.6 Å². The van der Waals surface area contributed by atoms with Gasteiger partial charge in [-0.1, -0.05) is 6.07 Å². The minimum absolute atomic E-state index is 0.686. The fourth-order valence-corrected chi connectivity index (χ4v) is 2.80. The molecule has 0 atom stereocenters. The number of pyridine rings is 1. The predicted octanol–water partition coefficient (Wildman–Crippen LogP) is 3.96. The lowest BCUT2D eigenvalue weighted by atomic mass is 9.90. The van der Waals surface area contributed by atoms with E-state index in [0.29, 0.717) is 5.92 Å². The van der Waals surface area contributed by atoms with E-state index in [-0.39, 0.29) is 0 Å². The Morgan fingerprint density at radius 1 is 1.16 bits per heavy atom. The summed E-state index contributed by atoms with van der Waals surface area (Å²) in [5.41, 5.74) is 4.67. The average Bonchev–Trinajstić information content (AvgIpc) is 3.10. The van der Waals surface area contributed by atoms with Gasteiger partial charge in [0, 0.05) is 16.6 Å². The standard InChI is InChI=1S/C17H21NO/c1-10-7-11(2)18-16-14(10)8-13(12-5-6-12)9-15(16)17(3,4)19/h7-9,12,19H,5-6H2,1-4H3. The third kappa shape index (κ3) is 2.25. The van der Waals surface area contributed by atoms with E-state index in [9.17, 15) is 5.11 Å². The van der Waals surface area contributed by atoms with Crippen LogP contribution in [-0.4, -0.2) is 10.1 Å². The van der Waals surface area contributed by atoms with Crippen molar-refractivity contribution in [1.82, 2.24) is 4.98 Å². The second-order valence-corrected chi connectivity index (χ2v) is 6.38. The topological polar surface area (TPSA) is 33.1 Å². The van der Waals surface area contributed by atoms with Crippen molar-refractivity contribution in [3.63, 3.8) is 0 Å². The van der Waals surface area contributed by atoms with E-state index >= 15 is 0 Å². The molecule has 1 heterocycles. The minimum atomic E-state index is -0.851. The van der Waals surface area contributed by atoms with Crippen molar-refractivity contribution in [3.8, 4) is 0 Å². The molecular weight excluding hydrogens is 234 g/mol. The molecular formula is C17H21NO. The number of aryl methyl sites for hydroxylation is 2. The van der Waals surface area contributed by atoms with E-state index in [1.807, 2.05) is 20.8 Å². The number of aliphatic hydroxyl groups is 1. The van der Waals surface area contributed by atoms with Crippen LogP contribution in [0.4, 0.5) is 0 Å². The number of hydrogen-bond acceptors (Lipinski definition) is 2. The molecule has 1 aromatic carbocycles. The maximum atomic E-state index is 10.5. The average molecular weight is 255 g/mol. The van der Waals surface area contributed by atoms with Gasteiger partial charge in [-0.15, -0.1) is 0 Å². The van der Waals surface area contributed by atoms with E-state index in [1.54, 1.807) is 0 Å². The largest absolute Gasteiger partial charge is 0.386 e. The number of aromatic nitrogens is 1. The maximum Gasteiger partial charge on any atom is 0.0861 e. The van der Waals surface area contributed by atoms with Crippen LogP contribution in [-0.2, 0) is 5.60 Å². The highest BCUT2D eigenvalue weighted by Gasteiger charge is 2.28. The van der Waals surface area contributed by atoms with Crippen molar-refractivity contribution in [2.75, 3.05) is 0 Å². The fourth-order valence-electron chi connectivity index (χ4n) is 2.80. The molecule has 1 saturated carbocycles. The number of rotatable bonds is 2. The highest BCUT2D eigenvalue weighted by Crippen LogP contribution is 2.43. The van der Waals surface area contributed by atoms with Gasteiger partial charge in [-0.05, 0) is 69.7 Å². The van der Waals surface area contributed by atoms with E-state index in [0.717, 1.165) is 16.8 Å². The lowest BCUT2D eigenvalue weighted by molar-refractivity contribution is 0.0799. The zero-order chi connectivity index (χ0) is 13.8. The molecule has 1 aromatic heterocycles. The van der Waals surface area contributed by atoms with Crippen molar-refractivity contribution in [2.45, 2.75) is 52.1 Å². The third-order valence-electron chi connectivity index (χ3n) is 3.98. The van der Waals surface area contributed by atoms with Crippen LogP contribution in [0.25, 0.3) is 10.9 Å². The first kappa shape index (κ1) is 12.6. The molecule has 19 heavy (non-hydrogen) atoms. The summed E-state index contributed by atoms with van der Waals surface area (Å²) < 4.78 is 0. The van der Waals surface area contributed by atoms with Gasteiger partial charge in [-0.3, -0.25) is 4.98 Å². The van der Waals surface area contributed by atoms with Crippen LogP contribution in [0, 0.1) is 13.8 Å². The number of nitrogens with zero attached hydrogens (tertiary/aromatic N) is 1. The molecule has 1 aliphatic rings. The molecule has 2 aromatic rings. The molecule has 0 bridgehead atoms. The van der Waals surface area contributed by atoms with Crippen LogP contribution in [0.5, 0.6) is 0 Å². The maximum absolute atomic E-state index is 10.5. The van der Waals surface area contributed by atoms with Gasteiger partial charge in [-0.25, -0.2) is 0 Å². The van der Waals surface area contributed by atoms with Crippen LogP contribution in [0.2, 0.25) is 0 Å². The number of fused-ring (bicyclic) bond motifs is 1. The molecule has 1 fully saturated rings. The Bertz CT molecular complexity index is 648. The third-order valence-corrected chi connectivity index (χ3v) is 3.98. The summed E-state index contributed by atoms with van der Waals surface area (Å²) in [4.78, 5) is 4.66. The van der Waals surface area contributed by atoms with Crippen molar-refractivity contribution < 1.29 is 5.11 Å². The summed E-state index contributed by atoms with van der Waals surface area (Å²) in [7, 11) is 0. The van der Waals surface area contributed by atoms with Gasteiger partial charge in [0.2, 0.25) is 0 Å². The molecule has 0 saturated heterocycles. The first-order chi connectivity index (χ1) is 8.86. The quantitative estimate of drug-likeness (QED) is 0.881. The van der Waals surface area contributed by atoms with Crippen LogP contribution < -0.4 is 0 Å². The van der Waals surface area contributed by atoms with Crippen molar-refractivity contribution in [1.29, 1.82) is 0 Å². The van der Waals surface area contributed by atoms with E-state index in [1.165, 1.54) is 29.4 Å². The molecule has 2 heteroatoms. The van der Waals surface area contributed by atoms with Crippen molar-refractivity contribution >= 4 is 10.9 Å². The summed E-state index contributed by atoms with van der Waals surface area (Å²) in [6, 6.07) is 6.54. The highest BCUT2D eigenvalue weighted by atomic mass is 16.3. The van der Waals surface area contributed by atoms with Gasteiger partial charge in [0.25, 0.3) is 0 Å². The monoisotopic (exact) mass is 255 g/mol. The minimum Gasteiger partial charge on any atom is -0.386 e. The fraction of sp³-hybridized carbons (Fsp3) is 0.471. The highest BCUT2D eigenvalue weighted by molar-refractivity contribution is 5.87. The summed E-state index contributed by atoms with van der Waals surface area (Å²) >= 11 is 0. The SMILES string of the molecule is Cc1cc(C)c2cc(C3CC3)cc(C(C)(C)O)c2n1. The summed E-state index contributed by atoms with van der Waals surface area (Å²) in [6.45, 7) is 7.83. The summed E-state index contributed by atoms with van der Waals surface area (Å²) in [5, 5.41) is 11.6. The van der Waals surface area contributed by atoms with Crippen LogP contribution >= 0.6 is 0 Å². The first-order valence-corrected chi connectivity index (χ1v) is 7.01. The van der Waals surface area contributed by atoms with Gasteiger partial charge < -0.3 is 5.11 Å². The van der Waals surface area contributed by atoms with Gasteiger partial charge >= 0.3 is 0 Å². The smallest absolute Gasteiger partial charge is 0.0861 e. The van der Waals surface area contributed by atoms with Crippen LogP contribution in [0.3, 0.4) is 0 Å². The number of hydrogen-bond donors (Lipinski definition) is 1. The Balaban J connectivity index is 2.36. The Morgan fingerprint density at radius 2 is 1.84 bits per heavy atom. The first-order valence-electron chi connectivity index (χ1n) is 7.01. The molecule has 0 amide bonds. The Labute approximate surface area is 114 Å². The zero-order valence-corrected chi connectivity index (χ0v) is 12.1. The second-order valence-electron chi connectivity index (χ2n) is 6.38. The van der Waals surface area contributed by atoms with Crippen LogP contribution in [0.15, 0.2) is 18.2 Å². The lowest BCUT2D eigenvalue weighted by Crippen LogP contribution is -2.17. The second kappa shape index (κ2) is 4.04. The molecule has 2 nitrogen and oxygen atoms in total. The summed E-state index contributed by atoms with van der Waals surface area (Å²) in [5.74, 6) is 0.686. The molecule has 0 unspecified atom stereocenters. The molecule has 0 aliphatic heterocycles. The van der Waals surface area contributed by atoms with Gasteiger partial charge in [0.15, 0.2) is 0 Å². The van der Waals surface area contributed by atoms with Crippen molar-refractivity contribution in [2.24, 2.45) is 0 Å². The van der Waals surface area contributed by atoms with Gasteiger partial charge in [0.05, 0.1) is 11.1 Å². The Kier molecular flexibility index (Phi) is 2.68. The normalized spacial score (nSPS) is 16.1. The molecule has 3 rings (SSSR count). The zero-order valence-electron chi connectivity index (χ0n) is 12.1. The molecule has 1 aliphatic carbocycles. The molecule has 0 radical (unpaired) electrons. The molecule has 100 valence electrons.